The van der Waals surface area contributed by atoms with Gasteiger partial charge >= 0.3 is 12.3 Å². The SMILES string of the molecule is O=C(O)O.O=C1OCC(c2ccccc2)O1. The second-order valence-corrected chi connectivity index (χ2v) is 2.86. The van der Waals surface area contributed by atoms with Crippen LogP contribution in [0.5, 0.6) is 0 Å². The maximum Gasteiger partial charge on any atom is 0.509 e. The molecule has 1 aliphatic rings. The molecule has 2 rings (SSSR count). The zero-order valence-corrected chi connectivity index (χ0v) is 8.20. The molecule has 86 valence electrons. The number of hydrogen-bond acceptors (Lipinski definition) is 4. The van der Waals surface area contributed by atoms with Crippen molar-refractivity contribution < 1.29 is 29.3 Å². The third kappa shape index (κ3) is 3.87. The zero-order chi connectivity index (χ0) is 12.0. The molecule has 0 amide bonds. The molecular formula is C10H10O6. The number of carboxylic acid groups (broad SMARTS) is 2. The fourth-order valence-corrected chi connectivity index (χ4v) is 1.16. The topological polar surface area (TPSA) is 93.1 Å². The molecule has 0 bridgehead atoms. The van der Waals surface area contributed by atoms with Crippen molar-refractivity contribution in [1.29, 1.82) is 0 Å². The van der Waals surface area contributed by atoms with Gasteiger partial charge in [-0.05, 0) is 5.56 Å². The number of rotatable bonds is 1. The lowest BCUT2D eigenvalue weighted by Gasteiger charge is -2.04. The van der Waals surface area contributed by atoms with Crippen LogP contribution < -0.4 is 0 Å². The van der Waals surface area contributed by atoms with Crippen molar-refractivity contribution in [2.24, 2.45) is 0 Å². The van der Waals surface area contributed by atoms with E-state index in [2.05, 4.69) is 4.74 Å². The molecule has 1 unspecified atom stereocenters. The van der Waals surface area contributed by atoms with Gasteiger partial charge in [0, 0.05) is 0 Å². The van der Waals surface area contributed by atoms with Crippen LogP contribution in [0.3, 0.4) is 0 Å². The number of benzene rings is 1. The maximum absolute atomic E-state index is 10.6. The number of carbonyl (C=O) groups is 2. The van der Waals surface area contributed by atoms with Crippen LogP contribution in [0.1, 0.15) is 11.7 Å². The summed E-state index contributed by atoms with van der Waals surface area (Å²) in [4.78, 5) is 19.1. The van der Waals surface area contributed by atoms with Crippen LogP contribution in [0.15, 0.2) is 30.3 Å². The smallest absolute Gasteiger partial charge is 0.450 e. The molecule has 0 saturated carbocycles. The Kier molecular flexibility index (Phi) is 4.14. The molecule has 1 aromatic rings. The number of cyclic esters (lactones) is 2. The Balaban J connectivity index is 0.000000280. The lowest BCUT2D eigenvalue weighted by molar-refractivity contribution is 0.118. The van der Waals surface area contributed by atoms with Crippen molar-refractivity contribution >= 4 is 12.3 Å². The molecule has 1 saturated heterocycles. The standard InChI is InChI=1S/C9H8O3.CH2O3/c10-9-11-6-8(12-9)7-4-2-1-3-5-7;2-1(3)4/h1-5,8H,6H2;(H2,2,3,4). The summed E-state index contributed by atoms with van der Waals surface area (Å²) in [6.45, 7) is 0.322. The molecule has 0 radical (unpaired) electrons. The first-order valence-corrected chi connectivity index (χ1v) is 4.40. The largest absolute Gasteiger partial charge is 0.509 e. The van der Waals surface area contributed by atoms with Crippen LogP contribution in [0.4, 0.5) is 9.59 Å². The predicted molar refractivity (Wildman–Crippen MR) is 52.3 cm³/mol. The van der Waals surface area contributed by atoms with Gasteiger partial charge in [-0.1, -0.05) is 30.3 Å². The van der Waals surface area contributed by atoms with Crippen molar-refractivity contribution in [3.63, 3.8) is 0 Å². The first-order chi connectivity index (χ1) is 7.59. The summed E-state index contributed by atoms with van der Waals surface area (Å²) in [5, 5.41) is 13.9. The molecule has 0 aromatic heterocycles. The highest BCUT2D eigenvalue weighted by molar-refractivity contribution is 5.62. The lowest BCUT2D eigenvalue weighted by Crippen LogP contribution is -1.99. The zero-order valence-electron chi connectivity index (χ0n) is 8.20. The van der Waals surface area contributed by atoms with E-state index < -0.39 is 12.3 Å². The normalized spacial score (nSPS) is 17.8. The van der Waals surface area contributed by atoms with Gasteiger partial charge in [0.25, 0.3) is 0 Å². The van der Waals surface area contributed by atoms with Crippen LogP contribution in [0.25, 0.3) is 0 Å². The number of ether oxygens (including phenoxy) is 2. The molecule has 1 aromatic carbocycles. The average molecular weight is 226 g/mol. The highest BCUT2D eigenvalue weighted by Gasteiger charge is 2.25. The van der Waals surface area contributed by atoms with E-state index in [1.165, 1.54) is 0 Å². The van der Waals surface area contributed by atoms with Crippen molar-refractivity contribution in [2.45, 2.75) is 6.10 Å². The Bertz CT molecular complexity index is 357. The first-order valence-electron chi connectivity index (χ1n) is 4.40. The van der Waals surface area contributed by atoms with Gasteiger partial charge in [0.15, 0.2) is 6.10 Å². The summed E-state index contributed by atoms with van der Waals surface area (Å²) in [5.41, 5.74) is 0.975. The fourth-order valence-electron chi connectivity index (χ4n) is 1.16. The van der Waals surface area contributed by atoms with Gasteiger partial charge in [0.1, 0.15) is 6.61 Å². The minimum Gasteiger partial charge on any atom is -0.450 e. The van der Waals surface area contributed by atoms with E-state index in [1.54, 1.807) is 0 Å². The summed E-state index contributed by atoms with van der Waals surface area (Å²) < 4.78 is 9.54. The van der Waals surface area contributed by atoms with E-state index >= 15 is 0 Å². The highest BCUT2D eigenvalue weighted by Crippen LogP contribution is 2.22. The van der Waals surface area contributed by atoms with Crippen LogP contribution in [-0.4, -0.2) is 29.1 Å². The molecule has 0 aliphatic carbocycles. The van der Waals surface area contributed by atoms with Gasteiger partial charge in [0.05, 0.1) is 0 Å². The molecule has 6 heteroatoms. The minimum absolute atomic E-state index is 0.223. The summed E-state index contributed by atoms with van der Waals surface area (Å²) in [5.74, 6) is 0. The molecule has 6 nitrogen and oxygen atoms in total. The molecule has 1 heterocycles. The van der Waals surface area contributed by atoms with E-state index in [1.807, 2.05) is 30.3 Å². The highest BCUT2D eigenvalue weighted by atomic mass is 16.8. The molecule has 1 aliphatic heterocycles. The Labute approximate surface area is 91.0 Å². The van der Waals surface area contributed by atoms with Crippen LogP contribution in [0, 0.1) is 0 Å². The summed E-state index contributed by atoms with van der Waals surface area (Å²) in [6.07, 6.45) is -2.64. The molecule has 2 N–H and O–H groups in total. The van der Waals surface area contributed by atoms with Crippen molar-refractivity contribution in [3.05, 3.63) is 35.9 Å². The van der Waals surface area contributed by atoms with Gasteiger partial charge in [-0.15, -0.1) is 0 Å². The second kappa shape index (κ2) is 5.59. The van der Waals surface area contributed by atoms with Crippen LogP contribution in [0.2, 0.25) is 0 Å². The minimum atomic E-state index is -1.83. The predicted octanol–water partition coefficient (Wildman–Crippen LogP) is 2.12. The Hall–Kier alpha value is -2.24. The number of hydrogen-bond donors (Lipinski definition) is 2. The van der Waals surface area contributed by atoms with Crippen molar-refractivity contribution in [3.8, 4) is 0 Å². The third-order valence-corrected chi connectivity index (χ3v) is 1.76. The maximum atomic E-state index is 10.6. The molecule has 1 atom stereocenters. The summed E-state index contributed by atoms with van der Waals surface area (Å²) in [6, 6.07) is 9.55. The Morgan fingerprint density at radius 1 is 1.25 bits per heavy atom. The van der Waals surface area contributed by atoms with Gasteiger partial charge in [0.2, 0.25) is 0 Å². The lowest BCUT2D eigenvalue weighted by atomic mass is 10.1. The Morgan fingerprint density at radius 2 is 1.81 bits per heavy atom. The number of carbonyl (C=O) groups excluding carboxylic acids is 1. The first kappa shape index (κ1) is 11.8. The Morgan fingerprint density at radius 3 is 2.25 bits per heavy atom. The fraction of sp³-hybridized carbons (Fsp3) is 0.200. The van der Waals surface area contributed by atoms with Gasteiger partial charge < -0.3 is 19.7 Å². The van der Waals surface area contributed by atoms with Crippen molar-refractivity contribution in [2.75, 3.05) is 6.61 Å². The molecular weight excluding hydrogens is 216 g/mol. The summed E-state index contributed by atoms with van der Waals surface area (Å²) >= 11 is 0. The van der Waals surface area contributed by atoms with E-state index in [0.717, 1.165) is 5.56 Å². The van der Waals surface area contributed by atoms with Gasteiger partial charge in [-0.25, -0.2) is 9.59 Å². The second-order valence-electron chi connectivity index (χ2n) is 2.86. The quantitative estimate of drug-likeness (QED) is 0.712. The third-order valence-electron chi connectivity index (χ3n) is 1.76. The van der Waals surface area contributed by atoms with Crippen molar-refractivity contribution in [1.82, 2.24) is 0 Å². The van der Waals surface area contributed by atoms with E-state index in [4.69, 9.17) is 19.7 Å². The molecule has 1 fully saturated rings. The summed E-state index contributed by atoms with van der Waals surface area (Å²) in [7, 11) is 0. The molecule has 0 spiro atoms. The van der Waals surface area contributed by atoms with E-state index in [9.17, 15) is 4.79 Å². The molecule has 16 heavy (non-hydrogen) atoms. The van der Waals surface area contributed by atoms with Gasteiger partial charge in [-0.2, -0.15) is 0 Å². The van der Waals surface area contributed by atoms with Crippen LogP contribution >= 0.6 is 0 Å². The average Bonchev–Trinajstić information content (AvgIpc) is 2.65. The van der Waals surface area contributed by atoms with E-state index in [0.29, 0.717) is 6.61 Å². The van der Waals surface area contributed by atoms with Crippen LogP contribution in [-0.2, 0) is 9.47 Å². The van der Waals surface area contributed by atoms with E-state index in [-0.39, 0.29) is 6.10 Å². The van der Waals surface area contributed by atoms with Gasteiger partial charge in [-0.3, -0.25) is 0 Å². The monoisotopic (exact) mass is 226 g/mol.